The van der Waals surface area contributed by atoms with Crippen molar-refractivity contribution in [3.63, 3.8) is 0 Å². The van der Waals surface area contributed by atoms with E-state index in [0.29, 0.717) is 17.1 Å². The van der Waals surface area contributed by atoms with Crippen molar-refractivity contribution in [2.45, 2.75) is 65.2 Å². The third-order valence-electron chi connectivity index (χ3n) is 4.94. The Bertz CT molecular complexity index is 504. The first-order valence-corrected chi connectivity index (χ1v) is 9.16. The molecule has 1 aliphatic carbocycles. The Morgan fingerprint density at radius 3 is 2.52 bits per heavy atom. The van der Waals surface area contributed by atoms with Crippen LogP contribution in [0, 0.1) is 11.3 Å². The number of rotatable bonds is 3. The zero-order valence-electron chi connectivity index (χ0n) is 14.0. The lowest BCUT2D eigenvalue weighted by atomic mass is 9.66. The molecule has 0 amide bonds. The summed E-state index contributed by atoms with van der Waals surface area (Å²) in [7, 11) is 0. The van der Waals surface area contributed by atoms with E-state index in [0.717, 1.165) is 16.8 Å². The summed E-state index contributed by atoms with van der Waals surface area (Å²) < 4.78 is 0. The largest absolute Gasteiger partial charge is 0.508 e. The van der Waals surface area contributed by atoms with Gasteiger partial charge in [-0.15, -0.1) is 0 Å². The third-order valence-corrected chi connectivity index (χ3v) is 6.34. The topological polar surface area (TPSA) is 20.2 Å². The molecule has 21 heavy (non-hydrogen) atoms. The molecule has 1 saturated carbocycles. The van der Waals surface area contributed by atoms with Crippen LogP contribution in [0.25, 0.3) is 0 Å². The molecule has 0 heterocycles. The number of hydrogen-bond acceptors (Lipinski definition) is 1. The van der Waals surface area contributed by atoms with Crippen molar-refractivity contribution in [1.29, 1.82) is 0 Å². The molecule has 1 nitrogen and oxygen atoms in total. The summed E-state index contributed by atoms with van der Waals surface area (Å²) >= 11 is 3.58. The van der Waals surface area contributed by atoms with Gasteiger partial charge < -0.3 is 5.11 Å². The van der Waals surface area contributed by atoms with Crippen molar-refractivity contribution in [2.75, 3.05) is 5.33 Å². The van der Waals surface area contributed by atoms with Gasteiger partial charge in [0.25, 0.3) is 0 Å². The van der Waals surface area contributed by atoms with Gasteiger partial charge in [0.05, 0.1) is 0 Å². The van der Waals surface area contributed by atoms with Crippen molar-refractivity contribution in [3.05, 3.63) is 29.3 Å². The van der Waals surface area contributed by atoms with Gasteiger partial charge in [0.15, 0.2) is 0 Å². The average molecular weight is 353 g/mol. The average Bonchev–Trinajstić information content (AvgIpc) is 2.36. The SMILES string of the molecule is CC1CC(c2ccc(O)c(C(C)(C)CBr)c2)CC(C)(C)C1. The molecule has 2 rings (SSSR count). The minimum atomic E-state index is -0.0457. The number of halogens is 1. The van der Waals surface area contributed by atoms with Gasteiger partial charge in [0.1, 0.15) is 5.75 Å². The Morgan fingerprint density at radius 1 is 1.29 bits per heavy atom. The summed E-state index contributed by atoms with van der Waals surface area (Å²) in [4.78, 5) is 0. The van der Waals surface area contributed by atoms with Gasteiger partial charge in [-0.25, -0.2) is 0 Å². The lowest BCUT2D eigenvalue weighted by Crippen LogP contribution is -2.27. The Balaban J connectivity index is 2.35. The highest BCUT2D eigenvalue weighted by Gasteiger charge is 2.33. The number of hydrogen-bond donors (Lipinski definition) is 1. The van der Waals surface area contributed by atoms with Crippen LogP contribution in [-0.4, -0.2) is 10.4 Å². The number of benzene rings is 1. The first-order valence-electron chi connectivity index (χ1n) is 8.04. The summed E-state index contributed by atoms with van der Waals surface area (Å²) in [6.07, 6.45) is 3.83. The molecule has 1 aromatic rings. The molecule has 0 aliphatic heterocycles. The minimum Gasteiger partial charge on any atom is -0.508 e. The van der Waals surface area contributed by atoms with Gasteiger partial charge in [-0.3, -0.25) is 0 Å². The Kier molecular flexibility index (Phi) is 4.78. The highest BCUT2D eigenvalue weighted by atomic mass is 79.9. The van der Waals surface area contributed by atoms with E-state index in [1.165, 1.54) is 24.8 Å². The predicted octanol–water partition coefficient (Wildman–Crippen LogP) is 5.99. The third kappa shape index (κ3) is 3.83. The van der Waals surface area contributed by atoms with E-state index < -0.39 is 0 Å². The minimum absolute atomic E-state index is 0.0457. The molecule has 0 radical (unpaired) electrons. The second kappa shape index (κ2) is 5.95. The molecule has 2 heteroatoms. The standard InChI is InChI=1S/C19H29BrO/c1-13-8-15(11-18(2,3)10-13)14-6-7-17(21)16(9-14)19(4,5)12-20/h6-7,9,13,15,21H,8,10-12H2,1-5H3. The van der Waals surface area contributed by atoms with Crippen LogP contribution in [0.15, 0.2) is 18.2 Å². The van der Waals surface area contributed by atoms with Gasteiger partial charge in [0, 0.05) is 16.3 Å². The lowest BCUT2D eigenvalue weighted by molar-refractivity contribution is 0.168. The van der Waals surface area contributed by atoms with Crippen LogP contribution in [0.3, 0.4) is 0 Å². The molecule has 0 saturated heterocycles. The van der Waals surface area contributed by atoms with Crippen molar-refractivity contribution in [2.24, 2.45) is 11.3 Å². The molecule has 118 valence electrons. The quantitative estimate of drug-likeness (QED) is 0.661. The van der Waals surface area contributed by atoms with Crippen LogP contribution >= 0.6 is 15.9 Å². The molecule has 1 aliphatic rings. The van der Waals surface area contributed by atoms with Crippen LogP contribution in [0.5, 0.6) is 5.75 Å². The monoisotopic (exact) mass is 352 g/mol. The van der Waals surface area contributed by atoms with E-state index in [2.05, 4.69) is 62.7 Å². The normalized spacial score (nSPS) is 25.8. The molecule has 0 spiro atoms. The molecule has 2 unspecified atom stereocenters. The Morgan fingerprint density at radius 2 is 1.95 bits per heavy atom. The highest BCUT2D eigenvalue weighted by molar-refractivity contribution is 9.09. The molecular formula is C19H29BrO. The van der Waals surface area contributed by atoms with E-state index in [1.807, 2.05) is 6.07 Å². The van der Waals surface area contributed by atoms with Crippen LogP contribution in [0.2, 0.25) is 0 Å². The maximum absolute atomic E-state index is 10.2. The fraction of sp³-hybridized carbons (Fsp3) is 0.684. The van der Waals surface area contributed by atoms with Crippen molar-refractivity contribution in [3.8, 4) is 5.75 Å². The number of phenols is 1. The summed E-state index contributed by atoms with van der Waals surface area (Å²) in [5.41, 5.74) is 2.84. The smallest absolute Gasteiger partial charge is 0.119 e. The fourth-order valence-electron chi connectivity index (χ4n) is 4.02. The first kappa shape index (κ1) is 16.9. The van der Waals surface area contributed by atoms with Crippen LogP contribution in [-0.2, 0) is 5.41 Å². The number of alkyl halides is 1. The van der Waals surface area contributed by atoms with E-state index in [-0.39, 0.29) is 5.41 Å². The van der Waals surface area contributed by atoms with Crippen molar-refractivity contribution >= 4 is 15.9 Å². The maximum atomic E-state index is 10.2. The number of aromatic hydroxyl groups is 1. The van der Waals surface area contributed by atoms with E-state index >= 15 is 0 Å². The predicted molar refractivity (Wildman–Crippen MR) is 94.5 cm³/mol. The second-order valence-electron chi connectivity index (χ2n) is 8.40. The lowest BCUT2D eigenvalue weighted by Gasteiger charge is -2.39. The molecule has 1 fully saturated rings. The van der Waals surface area contributed by atoms with Gasteiger partial charge in [-0.2, -0.15) is 0 Å². The molecule has 1 aromatic carbocycles. The maximum Gasteiger partial charge on any atom is 0.119 e. The summed E-state index contributed by atoms with van der Waals surface area (Å²) in [5.74, 6) is 1.82. The highest BCUT2D eigenvalue weighted by Crippen LogP contribution is 2.47. The van der Waals surface area contributed by atoms with Crippen LogP contribution in [0.1, 0.15) is 70.9 Å². The Hall–Kier alpha value is -0.500. The van der Waals surface area contributed by atoms with Gasteiger partial charge in [-0.1, -0.05) is 62.7 Å². The van der Waals surface area contributed by atoms with E-state index in [4.69, 9.17) is 0 Å². The summed E-state index contributed by atoms with van der Waals surface area (Å²) in [6, 6.07) is 6.26. The molecule has 0 aromatic heterocycles. The van der Waals surface area contributed by atoms with Gasteiger partial charge in [-0.05, 0) is 48.1 Å². The van der Waals surface area contributed by atoms with E-state index in [1.54, 1.807) is 0 Å². The fourth-order valence-corrected chi connectivity index (χ4v) is 4.32. The van der Waals surface area contributed by atoms with Gasteiger partial charge >= 0.3 is 0 Å². The summed E-state index contributed by atoms with van der Waals surface area (Å²) in [6.45, 7) is 11.5. The zero-order chi connectivity index (χ0) is 15.8. The van der Waals surface area contributed by atoms with Gasteiger partial charge in [0.2, 0.25) is 0 Å². The molecule has 1 N–H and O–H groups in total. The Labute approximate surface area is 138 Å². The summed E-state index contributed by atoms with van der Waals surface area (Å²) in [5, 5.41) is 11.1. The molecule has 0 bridgehead atoms. The first-order chi connectivity index (χ1) is 9.64. The van der Waals surface area contributed by atoms with Crippen molar-refractivity contribution in [1.82, 2.24) is 0 Å². The van der Waals surface area contributed by atoms with Crippen LogP contribution in [0.4, 0.5) is 0 Å². The van der Waals surface area contributed by atoms with Crippen molar-refractivity contribution < 1.29 is 5.11 Å². The molecule has 2 atom stereocenters. The second-order valence-corrected chi connectivity index (χ2v) is 8.97. The zero-order valence-corrected chi connectivity index (χ0v) is 15.6. The van der Waals surface area contributed by atoms with E-state index in [9.17, 15) is 5.11 Å². The van der Waals surface area contributed by atoms with Crippen LogP contribution < -0.4 is 0 Å². The molecular weight excluding hydrogens is 324 g/mol. The number of phenolic OH excluding ortho intramolecular Hbond substituents is 1.